The maximum atomic E-state index is 11.5. The highest BCUT2D eigenvalue weighted by molar-refractivity contribution is 5.93. The van der Waals surface area contributed by atoms with Crippen molar-refractivity contribution < 1.29 is 14.3 Å². The van der Waals surface area contributed by atoms with Crippen molar-refractivity contribution in [2.45, 2.75) is 45.3 Å². The fourth-order valence-corrected chi connectivity index (χ4v) is 4.31. The van der Waals surface area contributed by atoms with E-state index in [9.17, 15) is 4.79 Å². The molecule has 0 radical (unpaired) electrons. The van der Waals surface area contributed by atoms with E-state index in [1.165, 1.54) is 30.9 Å². The third kappa shape index (κ3) is 4.98. The summed E-state index contributed by atoms with van der Waals surface area (Å²) in [4.78, 5) is 11.5. The van der Waals surface area contributed by atoms with Crippen molar-refractivity contribution >= 4 is 16.9 Å². The van der Waals surface area contributed by atoms with Crippen molar-refractivity contribution in [1.82, 2.24) is 9.78 Å². The number of aromatic nitrogens is 2. The molecule has 0 N–H and O–H groups in total. The van der Waals surface area contributed by atoms with Crippen LogP contribution in [0.25, 0.3) is 22.2 Å². The maximum absolute atomic E-state index is 11.5. The van der Waals surface area contributed by atoms with E-state index in [2.05, 4.69) is 47.1 Å². The Labute approximate surface area is 200 Å². The Bertz CT molecular complexity index is 1270. The van der Waals surface area contributed by atoms with Crippen LogP contribution in [-0.2, 0) is 22.7 Å². The second-order valence-corrected chi connectivity index (χ2v) is 9.23. The fourth-order valence-electron chi connectivity index (χ4n) is 4.31. The largest absolute Gasteiger partial charge is 0.489 e. The minimum atomic E-state index is -0.195. The molecule has 34 heavy (non-hydrogen) atoms. The van der Waals surface area contributed by atoms with Gasteiger partial charge in [0.1, 0.15) is 18.1 Å². The van der Waals surface area contributed by atoms with Crippen LogP contribution in [0, 0.1) is 5.92 Å². The summed E-state index contributed by atoms with van der Waals surface area (Å²) in [5.41, 5.74) is 5.57. The van der Waals surface area contributed by atoms with Crippen LogP contribution in [0.1, 0.15) is 43.2 Å². The van der Waals surface area contributed by atoms with Gasteiger partial charge in [0.2, 0.25) is 0 Å². The fraction of sp³-hybridized carbons (Fsp3) is 0.310. The van der Waals surface area contributed by atoms with E-state index < -0.39 is 0 Å². The summed E-state index contributed by atoms with van der Waals surface area (Å²) in [7, 11) is 1.42. The third-order valence-corrected chi connectivity index (χ3v) is 6.55. The summed E-state index contributed by atoms with van der Waals surface area (Å²) < 4.78 is 13.0. The highest BCUT2D eigenvalue weighted by Gasteiger charge is 2.24. The van der Waals surface area contributed by atoms with E-state index in [0.29, 0.717) is 13.0 Å². The van der Waals surface area contributed by atoms with Gasteiger partial charge in [0.05, 0.1) is 19.0 Å². The number of fused-ring (bicyclic) bond motifs is 1. The molecule has 1 atom stereocenters. The van der Waals surface area contributed by atoms with Crippen LogP contribution in [-0.4, -0.2) is 22.9 Å². The molecule has 0 spiro atoms. The predicted octanol–water partition coefficient (Wildman–Crippen LogP) is 6.36. The summed E-state index contributed by atoms with van der Waals surface area (Å²) in [6.07, 6.45) is 2.95. The van der Waals surface area contributed by atoms with Crippen LogP contribution in [0.4, 0.5) is 0 Å². The van der Waals surface area contributed by atoms with Crippen LogP contribution in [0.3, 0.4) is 0 Å². The SMILES string of the molecule is COC(=O)CC(C)c1ccc(OCc2ccc3c(-c4ccccc4)nn(CC4CC4)c3c2)cc1. The van der Waals surface area contributed by atoms with Gasteiger partial charge in [-0.3, -0.25) is 9.48 Å². The third-order valence-electron chi connectivity index (χ3n) is 6.55. The molecule has 1 unspecified atom stereocenters. The van der Waals surface area contributed by atoms with Crippen molar-refractivity contribution in [1.29, 1.82) is 0 Å². The lowest BCUT2D eigenvalue weighted by atomic mass is 9.98. The summed E-state index contributed by atoms with van der Waals surface area (Å²) in [5, 5.41) is 6.17. The van der Waals surface area contributed by atoms with Gasteiger partial charge in [-0.05, 0) is 54.0 Å². The molecule has 1 heterocycles. The van der Waals surface area contributed by atoms with Gasteiger partial charge in [-0.1, -0.05) is 61.5 Å². The molecule has 0 saturated heterocycles. The number of nitrogens with zero attached hydrogens (tertiary/aromatic N) is 2. The second kappa shape index (κ2) is 9.72. The minimum absolute atomic E-state index is 0.106. The molecule has 0 aliphatic heterocycles. The first-order chi connectivity index (χ1) is 16.6. The summed E-state index contributed by atoms with van der Waals surface area (Å²) in [6.45, 7) is 3.48. The monoisotopic (exact) mass is 454 g/mol. The van der Waals surface area contributed by atoms with E-state index in [4.69, 9.17) is 14.6 Å². The number of carbonyl (C=O) groups excluding carboxylic acids is 1. The molecule has 4 aromatic rings. The Kier molecular flexibility index (Phi) is 6.35. The van der Waals surface area contributed by atoms with Gasteiger partial charge in [-0.15, -0.1) is 0 Å². The lowest BCUT2D eigenvalue weighted by Crippen LogP contribution is -2.06. The summed E-state index contributed by atoms with van der Waals surface area (Å²) in [5.74, 6) is 1.46. The first-order valence-corrected chi connectivity index (χ1v) is 11.9. The van der Waals surface area contributed by atoms with Gasteiger partial charge in [0.25, 0.3) is 0 Å². The number of rotatable bonds is 9. The molecule has 1 saturated carbocycles. The zero-order valence-corrected chi connectivity index (χ0v) is 19.7. The van der Waals surface area contributed by atoms with Crippen LogP contribution in [0.5, 0.6) is 5.75 Å². The van der Waals surface area contributed by atoms with E-state index >= 15 is 0 Å². The molecule has 1 aliphatic carbocycles. The summed E-state index contributed by atoms with van der Waals surface area (Å²) >= 11 is 0. The molecule has 0 amide bonds. The van der Waals surface area contributed by atoms with Crippen molar-refractivity contribution in [3.63, 3.8) is 0 Å². The van der Waals surface area contributed by atoms with Gasteiger partial charge >= 0.3 is 5.97 Å². The number of hydrogen-bond donors (Lipinski definition) is 0. The van der Waals surface area contributed by atoms with Crippen LogP contribution in [0.2, 0.25) is 0 Å². The maximum Gasteiger partial charge on any atom is 0.306 e. The number of hydrogen-bond acceptors (Lipinski definition) is 4. The zero-order chi connectivity index (χ0) is 23.5. The highest BCUT2D eigenvalue weighted by Crippen LogP contribution is 2.34. The van der Waals surface area contributed by atoms with Gasteiger partial charge in [-0.2, -0.15) is 5.10 Å². The van der Waals surface area contributed by atoms with Crippen LogP contribution < -0.4 is 4.74 Å². The van der Waals surface area contributed by atoms with E-state index in [-0.39, 0.29) is 11.9 Å². The average Bonchev–Trinajstić information content (AvgIpc) is 3.63. The molecule has 1 fully saturated rings. The quantitative estimate of drug-likeness (QED) is 0.276. The molecule has 1 aliphatic rings. The first kappa shape index (κ1) is 22.2. The van der Waals surface area contributed by atoms with Crippen molar-refractivity contribution in [3.8, 4) is 17.0 Å². The molecule has 5 rings (SSSR count). The molecule has 1 aromatic heterocycles. The van der Waals surface area contributed by atoms with Gasteiger partial charge < -0.3 is 9.47 Å². The van der Waals surface area contributed by atoms with E-state index in [1.807, 2.05) is 37.3 Å². The Morgan fingerprint density at radius 2 is 1.82 bits per heavy atom. The number of esters is 1. The van der Waals surface area contributed by atoms with Crippen LogP contribution >= 0.6 is 0 Å². The van der Waals surface area contributed by atoms with Crippen LogP contribution in [0.15, 0.2) is 72.8 Å². The van der Waals surface area contributed by atoms with E-state index in [0.717, 1.165) is 40.6 Å². The number of ether oxygens (including phenoxy) is 2. The number of benzene rings is 3. The molecule has 5 nitrogen and oxygen atoms in total. The molecular weight excluding hydrogens is 424 g/mol. The van der Waals surface area contributed by atoms with Gasteiger partial charge in [0.15, 0.2) is 0 Å². The van der Waals surface area contributed by atoms with E-state index in [1.54, 1.807) is 0 Å². The normalized spacial score (nSPS) is 14.2. The minimum Gasteiger partial charge on any atom is -0.489 e. The highest BCUT2D eigenvalue weighted by atomic mass is 16.5. The topological polar surface area (TPSA) is 53.4 Å². The van der Waals surface area contributed by atoms with Crippen molar-refractivity contribution in [2.75, 3.05) is 7.11 Å². The second-order valence-electron chi connectivity index (χ2n) is 9.23. The molecular formula is C29H30N2O3. The zero-order valence-electron chi connectivity index (χ0n) is 19.7. The molecule has 174 valence electrons. The standard InChI is InChI=1S/C29H30N2O3/c1-20(16-28(32)33-2)23-11-13-25(14-12-23)34-19-22-10-15-26-27(17-22)31(18-21-8-9-21)30-29(26)24-6-4-3-5-7-24/h3-7,10-15,17,20-21H,8-9,16,18-19H2,1-2H3. The Morgan fingerprint density at radius 3 is 2.53 bits per heavy atom. The molecule has 3 aromatic carbocycles. The Morgan fingerprint density at radius 1 is 1.06 bits per heavy atom. The van der Waals surface area contributed by atoms with Crippen molar-refractivity contribution in [2.24, 2.45) is 5.92 Å². The summed E-state index contributed by atoms with van der Waals surface area (Å²) in [6, 6.07) is 24.9. The Hall–Kier alpha value is -3.60. The predicted molar refractivity (Wildman–Crippen MR) is 134 cm³/mol. The smallest absolute Gasteiger partial charge is 0.306 e. The van der Waals surface area contributed by atoms with Crippen molar-refractivity contribution in [3.05, 3.63) is 83.9 Å². The first-order valence-electron chi connectivity index (χ1n) is 11.9. The number of methoxy groups -OCH3 is 1. The number of carbonyl (C=O) groups is 1. The lowest BCUT2D eigenvalue weighted by Gasteiger charge is -2.12. The molecule has 0 bridgehead atoms. The molecule has 5 heteroatoms. The Balaban J connectivity index is 1.33. The van der Waals surface area contributed by atoms with Gasteiger partial charge in [0, 0.05) is 17.5 Å². The van der Waals surface area contributed by atoms with Gasteiger partial charge in [-0.25, -0.2) is 0 Å². The average molecular weight is 455 g/mol. The lowest BCUT2D eigenvalue weighted by molar-refractivity contribution is -0.140.